The zero-order valence-electron chi connectivity index (χ0n) is 10.2. The maximum atomic E-state index is 11.4. The molecule has 1 amide bonds. The van der Waals surface area contributed by atoms with Crippen LogP contribution in [0.1, 0.15) is 26.7 Å². The monoisotopic (exact) mass is 250 g/mol. The zero-order chi connectivity index (χ0) is 12.8. The molecule has 0 aliphatic heterocycles. The van der Waals surface area contributed by atoms with Crippen molar-refractivity contribution in [3.05, 3.63) is 0 Å². The molecule has 0 saturated heterocycles. The minimum atomic E-state index is -2.94. The lowest BCUT2D eigenvalue weighted by molar-refractivity contribution is -0.122. The quantitative estimate of drug-likeness (QED) is 0.618. The van der Waals surface area contributed by atoms with Gasteiger partial charge in [0.15, 0.2) is 0 Å². The molecule has 16 heavy (non-hydrogen) atoms. The van der Waals surface area contributed by atoms with Gasteiger partial charge in [0.2, 0.25) is 5.91 Å². The van der Waals surface area contributed by atoms with Crippen LogP contribution >= 0.6 is 0 Å². The second kappa shape index (κ2) is 6.85. The van der Waals surface area contributed by atoms with Crippen LogP contribution in [0.25, 0.3) is 0 Å². The summed E-state index contributed by atoms with van der Waals surface area (Å²) in [6.07, 6.45) is 2.25. The van der Waals surface area contributed by atoms with E-state index in [4.69, 9.17) is 5.73 Å². The molecule has 1 unspecified atom stereocenters. The minimum Gasteiger partial charge on any atom is -0.355 e. The van der Waals surface area contributed by atoms with Gasteiger partial charge >= 0.3 is 0 Å². The highest BCUT2D eigenvalue weighted by atomic mass is 32.2. The largest absolute Gasteiger partial charge is 0.355 e. The van der Waals surface area contributed by atoms with Gasteiger partial charge in [0.1, 0.15) is 9.84 Å². The molecule has 6 heteroatoms. The summed E-state index contributed by atoms with van der Waals surface area (Å²) in [5, 5.41) is 2.63. The molecule has 0 aliphatic rings. The van der Waals surface area contributed by atoms with Crippen molar-refractivity contribution >= 4 is 15.7 Å². The van der Waals surface area contributed by atoms with Gasteiger partial charge in [-0.2, -0.15) is 0 Å². The zero-order valence-corrected chi connectivity index (χ0v) is 11.0. The maximum Gasteiger partial charge on any atom is 0.236 e. The molecule has 0 rings (SSSR count). The van der Waals surface area contributed by atoms with Crippen LogP contribution in [0.2, 0.25) is 0 Å². The highest BCUT2D eigenvalue weighted by molar-refractivity contribution is 7.90. The number of hydrogen-bond donors (Lipinski definition) is 2. The molecular formula is C10H22N2O3S. The van der Waals surface area contributed by atoms with E-state index in [0.717, 1.165) is 0 Å². The summed E-state index contributed by atoms with van der Waals surface area (Å²) in [7, 11) is -2.94. The van der Waals surface area contributed by atoms with E-state index < -0.39 is 15.9 Å². The van der Waals surface area contributed by atoms with Gasteiger partial charge in [-0.1, -0.05) is 13.8 Å². The lowest BCUT2D eigenvalue weighted by Crippen LogP contribution is -2.41. The van der Waals surface area contributed by atoms with E-state index in [9.17, 15) is 13.2 Å². The van der Waals surface area contributed by atoms with Gasteiger partial charge in [-0.15, -0.1) is 0 Å². The van der Waals surface area contributed by atoms with E-state index >= 15 is 0 Å². The molecule has 0 bridgehead atoms. The first-order valence-corrected chi connectivity index (χ1v) is 7.49. The topological polar surface area (TPSA) is 89.3 Å². The van der Waals surface area contributed by atoms with Crippen molar-refractivity contribution in [2.45, 2.75) is 32.7 Å². The van der Waals surface area contributed by atoms with E-state index in [-0.39, 0.29) is 11.7 Å². The molecule has 1 atom stereocenters. The molecule has 0 aromatic heterocycles. The van der Waals surface area contributed by atoms with Gasteiger partial charge in [0, 0.05) is 12.8 Å². The Morgan fingerprint density at radius 1 is 1.38 bits per heavy atom. The number of carbonyl (C=O) groups is 1. The second-order valence-electron chi connectivity index (χ2n) is 4.51. The van der Waals surface area contributed by atoms with Crippen molar-refractivity contribution < 1.29 is 13.2 Å². The van der Waals surface area contributed by atoms with Crippen LogP contribution in [0.5, 0.6) is 0 Å². The van der Waals surface area contributed by atoms with E-state index in [2.05, 4.69) is 5.32 Å². The van der Waals surface area contributed by atoms with Crippen molar-refractivity contribution in [3.8, 4) is 0 Å². The van der Waals surface area contributed by atoms with Crippen LogP contribution in [-0.4, -0.2) is 38.9 Å². The third-order valence-corrected chi connectivity index (χ3v) is 3.08. The van der Waals surface area contributed by atoms with E-state index in [1.807, 2.05) is 13.8 Å². The molecule has 0 fully saturated rings. The van der Waals surface area contributed by atoms with Crippen LogP contribution in [0.15, 0.2) is 0 Å². The number of amides is 1. The summed E-state index contributed by atoms with van der Waals surface area (Å²) >= 11 is 0. The number of hydrogen-bond acceptors (Lipinski definition) is 4. The van der Waals surface area contributed by atoms with Crippen molar-refractivity contribution in [2.75, 3.05) is 18.6 Å². The Bertz CT molecular complexity index is 312. The molecule has 0 aromatic carbocycles. The van der Waals surface area contributed by atoms with Gasteiger partial charge in [0.25, 0.3) is 0 Å². The minimum absolute atomic E-state index is 0.0900. The predicted octanol–water partition coefficient (Wildman–Crippen LogP) is -0.0893. The molecule has 0 radical (unpaired) electrons. The number of carbonyl (C=O) groups excluding carboxylic acids is 1. The van der Waals surface area contributed by atoms with Crippen molar-refractivity contribution in [3.63, 3.8) is 0 Å². The molecule has 5 nitrogen and oxygen atoms in total. The molecule has 0 aliphatic carbocycles. The summed E-state index contributed by atoms with van der Waals surface area (Å²) in [6.45, 7) is 4.35. The fourth-order valence-electron chi connectivity index (χ4n) is 1.29. The fraction of sp³-hybridized carbons (Fsp3) is 0.900. The van der Waals surface area contributed by atoms with Gasteiger partial charge in [-0.25, -0.2) is 8.42 Å². The number of rotatable bonds is 7. The van der Waals surface area contributed by atoms with E-state index in [1.54, 1.807) is 0 Å². The molecule has 0 spiro atoms. The molecule has 0 heterocycles. The Labute approximate surface area is 97.7 Å². The summed E-state index contributed by atoms with van der Waals surface area (Å²) in [5.41, 5.74) is 5.66. The van der Waals surface area contributed by atoms with Crippen LogP contribution in [-0.2, 0) is 14.6 Å². The number of sulfone groups is 1. The SMILES string of the molecule is CC(C)CC(N)C(=O)NCCCS(C)(=O)=O. The summed E-state index contributed by atoms with van der Waals surface area (Å²) in [4.78, 5) is 11.4. The Balaban J connectivity index is 3.73. The Kier molecular flexibility index (Phi) is 6.59. The van der Waals surface area contributed by atoms with Gasteiger partial charge < -0.3 is 11.1 Å². The highest BCUT2D eigenvalue weighted by Crippen LogP contribution is 2.02. The lowest BCUT2D eigenvalue weighted by atomic mass is 10.0. The number of nitrogens with two attached hydrogens (primary N) is 1. The average Bonchev–Trinajstić information content (AvgIpc) is 2.09. The first kappa shape index (κ1) is 15.4. The molecule has 0 saturated carbocycles. The highest BCUT2D eigenvalue weighted by Gasteiger charge is 2.14. The molecular weight excluding hydrogens is 228 g/mol. The third-order valence-electron chi connectivity index (χ3n) is 2.05. The normalized spacial score (nSPS) is 13.8. The van der Waals surface area contributed by atoms with Crippen molar-refractivity contribution in [1.82, 2.24) is 5.32 Å². The second-order valence-corrected chi connectivity index (χ2v) is 6.77. The molecule has 3 N–H and O–H groups in total. The lowest BCUT2D eigenvalue weighted by Gasteiger charge is -2.13. The summed E-state index contributed by atoms with van der Waals surface area (Å²) in [6, 6.07) is -0.502. The van der Waals surface area contributed by atoms with Crippen molar-refractivity contribution in [2.24, 2.45) is 11.7 Å². The van der Waals surface area contributed by atoms with Crippen LogP contribution in [0, 0.1) is 5.92 Å². The van der Waals surface area contributed by atoms with E-state index in [1.165, 1.54) is 6.26 Å². The van der Waals surface area contributed by atoms with Gasteiger partial charge in [-0.3, -0.25) is 4.79 Å². The summed E-state index contributed by atoms with van der Waals surface area (Å²) in [5.74, 6) is 0.256. The van der Waals surface area contributed by atoms with Gasteiger partial charge in [-0.05, 0) is 18.8 Å². The Morgan fingerprint density at radius 2 is 1.94 bits per heavy atom. The smallest absolute Gasteiger partial charge is 0.236 e. The van der Waals surface area contributed by atoms with Gasteiger partial charge in [0.05, 0.1) is 11.8 Å². The van der Waals surface area contributed by atoms with E-state index in [0.29, 0.717) is 25.3 Å². The Hall–Kier alpha value is -0.620. The average molecular weight is 250 g/mol. The van der Waals surface area contributed by atoms with Crippen molar-refractivity contribution in [1.29, 1.82) is 0 Å². The predicted molar refractivity (Wildman–Crippen MR) is 64.8 cm³/mol. The Morgan fingerprint density at radius 3 is 2.38 bits per heavy atom. The van der Waals surface area contributed by atoms with Crippen LogP contribution < -0.4 is 11.1 Å². The first-order valence-electron chi connectivity index (χ1n) is 5.43. The maximum absolute atomic E-state index is 11.4. The number of nitrogens with one attached hydrogen (secondary N) is 1. The molecule has 96 valence electrons. The third kappa shape index (κ3) is 8.67. The van der Waals surface area contributed by atoms with Crippen LogP contribution in [0.3, 0.4) is 0 Å². The molecule has 0 aromatic rings. The standard InChI is InChI=1S/C10H22N2O3S/c1-8(2)7-9(11)10(13)12-5-4-6-16(3,14)15/h8-9H,4-7,11H2,1-3H3,(H,12,13). The fourth-order valence-corrected chi connectivity index (χ4v) is 1.96. The van der Waals surface area contributed by atoms with Crippen LogP contribution in [0.4, 0.5) is 0 Å². The summed E-state index contributed by atoms with van der Waals surface area (Å²) < 4.78 is 21.6. The first-order chi connectivity index (χ1) is 7.22.